The van der Waals surface area contributed by atoms with Crippen LogP contribution in [0.15, 0.2) is 21.7 Å². The number of hydrogen-bond donors (Lipinski definition) is 2. The highest BCUT2D eigenvalue weighted by molar-refractivity contribution is 7.93. The smallest absolute Gasteiger partial charge is 0.215 e. The van der Waals surface area contributed by atoms with Crippen molar-refractivity contribution in [1.82, 2.24) is 0 Å². The van der Waals surface area contributed by atoms with Crippen LogP contribution in [0.3, 0.4) is 0 Å². The zero-order chi connectivity index (χ0) is 9.19. The van der Waals surface area contributed by atoms with Crippen molar-refractivity contribution in [2.45, 2.75) is 9.65 Å². The van der Waals surface area contributed by atoms with Crippen molar-refractivity contribution in [3.63, 3.8) is 0 Å². The first kappa shape index (κ1) is 9.66. The van der Waals surface area contributed by atoms with Gasteiger partial charge in [0, 0.05) is 6.54 Å². The summed E-state index contributed by atoms with van der Waals surface area (Å²) in [6.07, 6.45) is 0. The lowest BCUT2D eigenvalue weighted by Gasteiger charge is -2.06. The predicted octanol–water partition coefficient (Wildman–Crippen LogP) is -0.201. The molecule has 0 fully saturated rings. The molecule has 1 heterocycles. The molecule has 1 rings (SSSR count). The Morgan fingerprint density at radius 3 is 2.75 bits per heavy atom. The van der Waals surface area contributed by atoms with Crippen molar-refractivity contribution in [1.29, 1.82) is 0 Å². The Morgan fingerprint density at radius 2 is 2.33 bits per heavy atom. The molecular weight excluding hydrogens is 198 g/mol. The Hall–Kier alpha value is -0.430. The third kappa shape index (κ3) is 1.66. The summed E-state index contributed by atoms with van der Waals surface area (Å²) in [5, 5.41) is 10.7. The highest BCUT2D eigenvalue weighted by Gasteiger charge is 2.24. The summed E-state index contributed by atoms with van der Waals surface area (Å²) in [5.41, 5.74) is 3.55. The molecule has 1 aromatic rings. The van der Waals surface area contributed by atoms with Gasteiger partial charge >= 0.3 is 0 Å². The van der Waals surface area contributed by atoms with E-state index in [0.717, 1.165) is 11.3 Å². The van der Waals surface area contributed by atoms with Crippen LogP contribution >= 0.6 is 11.3 Å². The second kappa shape index (κ2) is 3.53. The first-order valence-electron chi connectivity index (χ1n) is 3.24. The van der Waals surface area contributed by atoms with Gasteiger partial charge in [0.15, 0.2) is 5.44 Å². The molecule has 0 radical (unpaired) electrons. The van der Waals surface area contributed by atoms with Gasteiger partial charge in [-0.1, -0.05) is 6.07 Å². The molecule has 0 saturated heterocycles. The molecule has 12 heavy (non-hydrogen) atoms. The monoisotopic (exact) mass is 207 g/mol. The fourth-order valence-corrected chi connectivity index (χ4v) is 2.96. The standard InChI is InChI=1S/C6H9NO3S2/c7-4-5(8)12(9,10)6-2-1-3-11-6/h1-3,5,8H,4,7H2. The molecule has 0 amide bonds. The Labute approximate surface area is 74.6 Å². The molecule has 0 bridgehead atoms. The fourth-order valence-electron chi connectivity index (χ4n) is 0.686. The van der Waals surface area contributed by atoms with Crippen LogP contribution in [0.25, 0.3) is 0 Å². The van der Waals surface area contributed by atoms with Gasteiger partial charge in [0.05, 0.1) is 0 Å². The van der Waals surface area contributed by atoms with E-state index in [-0.39, 0.29) is 10.8 Å². The predicted molar refractivity (Wildman–Crippen MR) is 46.6 cm³/mol. The van der Waals surface area contributed by atoms with E-state index < -0.39 is 15.3 Å². The van der Waals surface area contributed by atoms with Gasteiger partial charge in [0.2, 0.25) is 9.84 Å². The van der Waals surface area contributed by atoms with E-state index in [2.05, 4.69) is 0 Å². The summed E-state index contributed by atoms with van der Waals surface area (Å²) >= 11 is 1.07. The van der Waals surface area contributed by atoms with E-state index in [1.165, 1.54) is 6.07 Å². The molecule has 1 atom stereocenters. The van der Waals surface area contributed by atoms with Crippen LogP contribution < -0.4 is 5.73 Å². The van der Waals surface area contributed by atoms with Crippen LogP contribution in [0.2, 0.25) is 0 Å². The Balaban J connectivity index is 3.03. The van der Waals surface area contributed by atoms with Gasteiger partial charge in [-0.3, -0.25) is 0 Å². The third-order valence-electron chi connectivity index (χ3n) is 1.34. The van der Waals surface area contributed by atoms with Gasteiger partial charge in [-0.2, -0.15) is 0 Å². The molecular formula is C6H9NO3S2. The molecule has 0 aliphatic carbocycles. The van der Waals surface area contributed by atoms with Gasteiger partial charge in [-0.25, -0.2) is 8.42 Å². The van der Waals surface area contributed by atoms with Gasteiger partial charge < -0.3 is 10.8 Å². The molecule has 0 aromatic carbocycles. The van der Waals surface area contributed by atoms with Crippen molar-refractivity contribution in [2.24, 2.45) is 5.73 Å². The first-order valence-corrected chi connectivity index (χ1v) is 5.67. The number of aliphatic hydroxyl groups excluding tert-OH is 1. The van der Waals surface area contributed by atoms with Crippen LogP contribution in [0.1, 0.15) is 0 Å². The lowest BCUT2D eigenvalue weighted by atomic mass is 10.7. The summed E-state index contributed by atoms with van der Waals surface area (Å²) in [6.45, 7) is -0.278. The molecule has 3 N–H and O–H groups in total. The van der Waals surface area contributed by atoms with E-state index in [1.54, 1.807) is 11.4 Å². The van der Waals surface area contributed by atoms with E-state index >= 15 is 0 Å². The number of rotatable bonds is 3. The molecule has 6 heteroatoms. The molecule has 1 aromatic heterocycles. The van der Waals surface area contributed by atoms with Crippen molar-refractivity contribution in [3.8, 4) is 0 Å². The molecule has 0 spiro atoms. The Kier molecular flexibility index (Phi) is 2.84. The quantitative estimate of drug-likeness (QED) is 0.719. The van der Waals surface area contributed by atoms with E-state index in [1.807, 2.05) is 0 Å². The second-order valence-corrected chi connectivity index (χ2v) is 5.45. The van der Waals surface area contributed by atoms with Crippen LogP contribution in [0.5, 0.6) is 0 Å². The average molecular weight is 207 g/mol. The number of aliphatic hydroxyl groups is 1. The first-order chi connectivity index (χ1) is 5.59. The zero-order valence-electron chi connectivity index (χ0n) is 6.17. The summed E-state index contributed by atoms with van der Waals surface area (Å²) in [6, 6.07) is 3.06. The summed E-state index contributed by atoms with van der Waals surface area (Å²) in [7, 11) is -3.60. The largest absolute Gasteiger partial charge is 0.376 e. The van der Waals surface area contributed by atoms with Crippen LogP contribution in [-0.4, -0.2) is 25.5 Å². The molecule has 0 aliphatic rings. The van der Waals surface area contributed by atoms with Gasteiger partial charge in [0.1, 0.15) is 4.21 Å². The van der Waals surface area contributed by atoms with E-state index in [0.29, 0.717) is 0 Å². The van der Waals surface area contributed by atoms with Crippen LogP contribution in [-0.2, 0) is 9.84 Å². The minimum absolute atomic E-state index is 0.153. The van der Waals surface area contributed by atoms with Crippen molar-refractivity contribution in [3.05, 3.63) is 17.5 Å². The van der Waals surface area contributed by atoms with E-state index in [4.69, 9.17) is 10.8 Å². The number of hydrogen-bond acceptors (Lipinski definition) is 5. The minimum Gasteiger partial charge on any atom is -0.376 e. The lowest BCUT2D eigenvalue weighted by Crippen LogP contribution is -2.28. The van der Waals surface area contributed by atoms with Crippen LogP contribution in [0.4, 0.5) is 0 Å². The van der Waals surface area contributed by atoms with Gasteiger partial charge in [-0.15, -0.1) is 11.3 Å². The maximum absolute atomic E-state index is 11.3. The maximum atomic E-state index is 11.3. The lowest BCUT2D eigenvalue weighted by molar-refractivity contribution is 0.257. The topological polar surface area (TPSA) is 80.4 Å². The normalized spacial score (nSPS) is 14.5. The molecule has 4 nitrogen and oxygen atoms in total. The Bertz CT molecular complexity index is 330. The minimum atomic E-state index is -3.60. The molecule has 0 aliphatic heterocycles. The van der Waals surface area contributed by atoms with Crippen LogP contribution in [0, 0.1) is 0 Å². The molecule has 0 saturated carbocycles. The van der Waals surface area contributed by atoms with Crippen molar-refractivity contribution in [2.75, 3.05) is 6.54 Å². The highest BCUT2D eigenvalue weighted by atomic mass is 32.2. The van der Waals surface area contributed by atoms with Gasteiger partial charge in [0.25, 0.3) is 0 Å². The summed E-state index contributed by atoms with van der Waals surface area (Å²) in [5.74, 6) is 0. The SMILES string of the molecule is NCC(O)S(=O)(=O)c1cccs1. The maximum Gasteiger partial charge on any atom is 0.215 e. The summed E-state index contributed by atoms with van der Waals surface area (Å²) in [4.78, 5) is 0. The summed E-state index contributed by atoms with van der Waals surface area (Å²) < 4.78 is 22.8. The molecule has 68 valence electrons. The third-order valence-corrected chi connectivity index (χ3v) is 4.59. The van der Waals surface area contributed by atoms with E-state index in [9.17, 15) is 8.42 Å². The van der Waals surface area contributed by atoms with Gasteiger partial charge in [-0.05, 0) is 11.4 Å². The molecule has 1 unspecified atom stereocenters. The number of sulfone groups is 1. The Morgan fingerprint density at radius 1 is 1.67 bits per heavy atom. The second-order valence-electron chi connectivity index (χ2n) is 2.17. The highest BCUT2D eigenvalue weighted by Crippen LogP contribution is 2.19. The zero-order valence-corrected chi connectivity index (χ0v) is 7.81. The van der Waals surface area contributed by atoms with Crippen molar-refractivity contribution >= 4 is 21.2 Å². The number of nitrogens with two attached hydrogens (primary N) is 1. The average Bonchev–Trinajstić information content (AvgIpc) is 2.55. The number of thiophene rings is 1. The van der Waals surface area contributed by atoms with Crippen molar-refractivity contribution < 1.29 is 13.5 Å². The fraction of sp³-hybridized carbons (Fsp3) is 0.333.